The molecule has 1 atom stereocenters. The molecule has 3 heterocycles. The van der Waals surface area contributed by atoms with Gasteiger partial charge in [-0.15, -0.1) is 0 Å². The second kappa shape index (κ2) is 10.2. The molecule has 0 bridgehead atoms. The highest BCUT2D eigenvalue weighted by Crippen LogP contribution is 2.41. The molecule has 2 aromatic carbocycles. The maximum Gasteiger partial charge on any atom is 0.273 e. The Hall–Kier alpha value is -4.33. The van der Waals surface area contributed by atoms with Gasteiger partial charge in [0.25, 0.3) is 5.91 Å². The predicted molar refractivity (Wildman–Crippen MR) is 138 cm³/mol. The lowest BCUT2D eigenvalue weighted by atomic mass is 9.87. The first-order valence-corrected chi connectivity index (χ1v) is 12.9. The summed E-state index contributed by atoms with van der Waals surface area (Å²) in [4.78, 5) is 31.9. The second-order valence-electron chi connectivity index (χ2n) is 9.91. The molecule has 8 heteroatoms. The van der Waals surface area contributed by atoms with Crippen molar-refractivity contribution in [1.82, 2.24) is 15.2 Å². The maximum atomic E-state index is 13.2. The van der Waals surface area contributed by atoms with Crippen molar-refractivity contribution in [2.75, 3.05) is 6.54 Å². The van der Waals surface area contributed by atoms with Crippen molar-refractivity contribution in [3.8, 4) is 5.75 Å². The fraction of sp³-hybridized carbons (Fsp3) is 0.300. The van der Waals surface area contributed by atoms with Crippen molar-refractivity contribution >= 4 is 11.8 Å². The van der Waals surface area contributed by atoms with Crippen LogP contribution in [0, 0.1) is 12.8 Å². The second-order valence-corrected chi connectivity index (χ2v) is 9.91. The van der Waals surface area contributed by atoms with Gasteiger partial charge in [-0.2, -0.15) is 0 Å². The van der Waals surface area contributed by atoms with E-state index in [2.05, 4.69) is 47.6 Å². The van der Waals surface area contributed by atoms with E-state index < -0.39 is 0 Å². The molecule has 2 amide bonds. The highest BCUT2D eigenvalue weighted by atomic mass is 16.5. The molecular weight excluding hydrogens is 482 g/mol. The number of nitrogens with one attached hydrogen (secondary N) is 1. The van der Waals surface area contributed by atoms with Crippen LogP contribution in [0.2, 0.25) is 0 Å². The zero-order valence-corrected chi connectivity index (χ0v) is 21.2. The van der Waals surface area contributed by atoms with Crippen LogP contribution in [0.5, 0.6) is 5.75 Å². The van der Waals surface area contributed by atoms with Crippen LogP contribution in [0.15, 0.2) is 76.0 Å². The molecule has 0 spiro atoms. The third-order valence-corrected chi connectivity index (χ3v) is 7.10. The number of carbonyl (C=O) groups excluding carboxylic acids is 2. The van der Waals surface area contributed by atoms with Crippen molar-refractivity contribution in [3.63, 3.8) is 0 Å². The lowest BCUT2D eigenvalue weighted by Gasteiger charge is -2.38. The number of ether oxygens (including phenoxy) is 1. The van der Waals surface area contributed by atoms with Crippen LogP contribution in [0.1, 0.15) is 63.3 Å². The van der Waals surface area contributed by atoms with Crippen LogP contribution in [0.4, 0.5) is 0 Å². The van der Waals surface area contributed by atoms with E-state index in [0.29, 0.717) is 23.9 Å². The highest BCUT2D eigenvalue weighted by molar-refractivity contribution is 5.91. The summed E-state index contributed by atoms with van der Waals surface area (Å²) < 4.78 is 16.7. The van der Waals surface area contributed by atoms with Crippen molar-refractivity contribution in [2.24, 2.45) is 5.92 Å². The van der Waals surface area contributed by atoms with E-state index in [1.807, 2.05) is 17.0 Å². The van der Waals surface area contributed by atoms with Crippen molar-refractivity contribution in [1.29, 1.82) is 0 Å². The SMILES string of the molecule is Cc1ccc(C2c3cc(OCc4nc(C(=O)NCc5ccco5)co4)ccc3CCN2C(=O)C2CC2)cc1. The van der Waals surface area contributed by atoms with Crippen LogP contribution < -0.4 is 10.1 Å². The molecule has 0 saturated heterocycles. The lowest BCUT2D eigenvalue weighted by Crippen LogP contribution is -2.41. The Labute approximate surface area is 220 Å². The molecule has 8 nitrogen and oxygen atoms in total. The summed E-state index contributed by atoms with van der Waals surface area (Å²) in [5, 5.41) is 2.74. The Morgan fingerprint density at radius 2 is 1.95 bits per heavy atom. The normalized spacial score (nSPS) is 16.7. The van der Waals surface area contributed by atoms with E-state index in [9.17, 15) is 9.59 Å². The first-order chi connectivity index (χ1) is 18.5. The molecule has 1 N–H and O–H groups in total. The van der Waals surface area contributed by atoms with Gasteiger partial charge in [-0.1, -0.05) is 35.9 Å². The number of amides is 2. The molecular formula is C30H29N3O5. The number of aryl methyl sites for hydroxylation is 1. The van der Waals surface area contributed by atoms with Gasteiger partial charge in [0.15, 0.2) is 12.3 Å². The van der Waals surface area contributed by atoms with Gasteiger partial charge < -0.3 is 23.8 Å². The van der Waals surface area contributed by atoms with Crippen LogP contribution >= 0.6 is 0 Å². The number of rotatable bonds is 8. The molecule has 4 aromatic rings. The lowest BCUT2D eigenvalue weighted by molar-refractivity contribution is -0.134. The quantitative estimate of drug-likeness (QED) is 0.359. The molecule has 0 radical (unpaired) electrons. The minimum atomic E-state index is -0.355. The van der Waals surface area contributed by atoms with Gasteiger partial charge in [-0.25, -0.2) is 4.98 Å². The van der Waals surface area contributed by atoms with Crippen LogP contribution in [-0.2, 0) is 24.4 Å². The largest absolute Gasteiger partial charge is 0.484 e. The number of nitrogens with zero attached hydrogens (tertiary/aromatic N) is 2. The molecule has 2 aromatic heterocycles. The number of benzene rings is 2. The van der Waals surface area contributed by atoms with E-state index >= 15 is 0 Å². The minimum Gasteiger partial charge on any atom is -0.484 e. The molecule has 1 aliphatic carbocycles. The van der Waals surface area contributed by atoms with Gasteiger partial charge in [-0.3, -0.25) is 9.59 Å². The zero-order chi connectivity index (χ0) is 26.1. The van der Waals surface area contributed by atoms with Gasteiger partial charge in [0.05, 0.1) is 18.8 Å². The highest BCUT2D eigenvalue weighted by Gasteiger charge is 2.39. The fourth-order valence-corrected chi connectivity index (χ4v) is 4.89. The van der Waals surface area contributed by atoms with Crippen molar-refractivity contribution in [3.05, 3.63) is 107 Å². The molecule has 1 saturated carbocycles. The average Bonchev–Trinajstić information content (AvgIpc) is 3.44. The van der Waals surface area contributed by atoms with Crippen molar-refractivity contribution in [2.45, 2.75) is 45.4 Å². The van der Waals surface area contributed by atoms with Crippen LogP contribution in [0.25, 0.3) is 0 Å². The molecule has 1 aliphatic heterocycles. The number of hydrogen-bond acceptors (Lipinski definition) is 6. The van der Waals surface area contributed by atoms with Crippen LogP contribution in [-0.4, -0.2) is 28.2 Å². The van der Waals surface area contributed by atoms with E-state index in [1.54, 1.807) is 18.4 Å². The summed E-state index contributed by atoms with van der Waals surface area (Å²) in [7, 11) is 0. The Bertz CT molecular complexity index is 1440. The Morgan fingerprint density at radius 1 is 1.11 bits per heavy atom. The van der Waals surface area contributed by atoms with Crippen LogP contribution in [0.3, 0.4) is 0 Å². The number of aromatic nitrogens is 1. The third-order valence-electron chi connectivity index (χ3n) is 7.10. The summed E-state index contributed by atoms with van der Waals surface area (Å²) in [5.41, 5.74) is 4.75. The Balaban J connectivity index is 1.18. The molecule has 1 fully saturated rings. The fourth-order valence-electron chi connectivity index (χ4n) is 4.89. The van der Waals surface area contributed by atoms with Gasteiger partial charge in [-0.05, 0) is 67.1 Å². The Kier molecular flexibility index (Phi) is 6.45. The van der Waals surface area contributed by atoms with E-state index in [-0.39, 0.29) is 42.6 Å². The number of furan rings is 1. The number of fused-ring (bicyclic) bond motifs is 1. The topological polar surface area (TPSA) is 97.8 Å². The van der Waals surface area contributed by atoms with Gasteiger partial charge in [0.2, 0.25) is 11.8 Å². The van der Waals surface area contributed by atoms with Crippen molar-refractivity contribution < 1.29 is 23.2 Å². The summed E-state index contributed by atoms with van der Waals surface area (Å²) in [5.74, 6) is 1.64. The molecule has 6 rings (SSSR count). The summed E-state index contributed by atoms with van der Waals surface area (Å²) in [6, 6.07) is 17.8. The van der Waals surface area contributed by atoms with Gasteiger partial charge >= 0.3 is 0 Å². The Morgan fingerprint density at radius 3 is 2.71 bits per heavy atom. The monoisotopic (exact) mass is 511 g/mol. The summed E-state index contributed by atoms with van der Waals surface area (Å²) in [6.45, 7) is 3.11. The number of hydrogen-bond donors (Lipinski definition) is 1. The van der Waals surface area contributed by atoms with E-state index in [1.165, 1.54) is 17.4 Å². The minimum absolute atomic E-state index is 0.0736. The molecule has 38 heavy (non-hydrogen) atoms. The first kappa shape index (κ1) is 24.0. The van der Waals surface area contributed by atoms with E-state index in [0.717, 1.165) is 30.4 Å². The standard InChI is InChI=1S/C30H29N3O5/c1-19-4-6-21(7-5-19)28-25-15-23(11-10-20(25)12-13-33(28)30(35)22-8-9-22)37-18-27-32-26(17-38-27)29(34)31-16-24-3-2-14-36-24/h2-7,10-11,14-15,17,22,28H,8-9,12-13,16,18H2,1H3,(H,31,34). The zero-order valence-electron chi connectivity index (χ0n) is 21.2. The molecule has 1 unspecified atom stereocenters. The third kappa shape index (κ3) is 5.07. The summed E-state index contributed by atoms with van der Waals surface area (Å²) >= 11 is 0. The molecule has 2 aliphatic rings. The maximum absolute atomic E-state index is 13.2. The van der Waals surface area contributed by atoms with Gasteiger partial charge in [0.1, 0.15) is 17.8 Å². The van der Waals surface area contributed by atoms with E-state index in [4.69, 9.17) is 13.6 Å². The average molecular weight is 512 g/mol. The predicted octanol–water partition coefficient (Wildman–Crippen LogP) is 4.97. The molecule has 194 valence electrons. The summed E-state index contributed by atoms with van der Waals surface area (Å²) in [6.07, 6.45) is 5.64. The van der Waals surface area contributed by atoms with Gasteiger partial charge in [0, 0.05) is 12.5 Å². The first-order valence-electron chi connectivity index (χ1n) is 12.9. The number of oxazole rings is 1. The smallest absolute Gasteiger partial charge is 0.273 e. The number of carbonyl (C=O) groups is 2.